The molecule has 6 nitrogen and oxygen atoms in total. The SMILES string of the molecule is O=[N+]([O-])c1cc(C(F)(F)F)ccc1N/N=C\c1ccc(OCc2cccc3ccccc23)c(Br)c1. The minimum absolute atomic E-state index is 0.159. The predicted molar refractivity (Wildman–Crippen MR) is 132 cm³/mol. The first-order valence-electron chi connectivity index (χ1n) is 10.3. The fourth-order valence-corrected chi connectivity index (χ4v) is 3.93. The number of hydrogen-bond donors (Lipinski definition) is 1. The zero-order valence-electron chi connectivity index (χ0n) is 17.9. The number of halogens is 4. The molecular weight excluding hydrogens is 527 g/mol. The summed E-state index contributed by atoms with van der Waals surface area (Å²) < 4.78 is 45.2. The lowest BCUT2D eigenvalue weighted by atomic mass is 10.1. The van der Waals surface area contributed by atoms with Gasteiger partial charge in [-0.25, -0.2) is 0 Å². The molecule has 4 aromatic rings. The average molecular weight is 544 g/mol. The van der Waals surface area contributed by atoms with Gasteiger partial charge in [-0.1, -0.05) is 42.5 Å². The molecular formula is C25H17BrF3N3O3. The molecule has 0 unspecified atom stereocenters. The van der Waals surface area contributed by atoms with E-state index in [0.717, 1.165) is 28.5 Å². The van der Waals surface area contributed by atoms with Crippen LogP contribution in [0.1, 0.15) is 16.7 Å². The van der Waals surface area contributed by atoms with Crippen LogP contribution in [0.5, 0.6) is 5.75 Å². The summed E-state index contributed by atoms with van der Waals surface area (Å²) >= 11 is 3.46. The third-order valence-electron chi connectivity index (χ3n) is 5.14. The standard InChI is InChI=1S/C25H17BrF3N3O3/c26-21-12-16(14-30-31-22-10-9-19(25(27,28)29)13-23(22)32(33)34)8-11-24(21)35-15-18-6-3-5-17-4-1-2-7-20(17)18/h1-14,31H,15H2/b30-14-. The highest BCUT2D eigenvalue weighted by atomic mass is 79.9. The smallest absolute Gasteiger partial charge is 0.416 e. The molecule has 10 heteroatoms. The van der Waals surface area contributed by atoms with Gasteiger partial charge in [0.1, 0.15) is 18.0 Å². The molecule has 0 atom stereocenters. The van der Waals surface area contributed by atoms with Crippen LogP contribution in [0.3, 0.4) is 0 Å². The lowest BCUT2D eigenvalue weighted by Gasteiger charge is -2.11. The van der Waals surface area contributed by atoms with Gasteiger partial charge >= 0.3 is 6.18 Å². The Morgan fingerprint density at radius 2 is 1.80 bits per heavy atom. The van der Waals surface area contributed by atoms with Crippen molar-refractivity contribution in [3.8, 4) is 5.75 Å². The summed E-state index contributed by atoms with van der Waals surface area (Å²) in [5.74, 6) is 0.612. The van der Waals surface area contributed by atoms with Crippen molar-refractivity contribution >= 4 is 44.3 Å². The third-order valence-corrected chi connectivity index (χ3v) is 5.76. The Hall–Kier alpha value is -3.92. The van der Waals surface area contributed by atoms with Crippen molar-refractivity contribution in [2.24, 2.45) is 5.10 Å². The van der Waals surface area contributed by atoms with E-state index in [1.54, 1.807) is 18.2 Å². The molecule has 0 spiro atoms. The van der Waals surface area contributed by atoms with Gasteiger partial charge in [-0.2, -0.15) is 18.3 Å². The number of hydrogen-bond acceptors (Lipinski definition) is 5. The van der Waals surface area contributed by atoms with Gasteiger partial charge in [0.25, 0.3) is 5.69 Å². The topological polar surface area (TPSA) is 76.8 Å². The van der Waals surface area contributed by atoms with Crippen LogP contribution < -0.4 is 10.2 Å². The largest absolute Gasteiger partial charge is 0.488 e. The van der Waals surface area contributed by atoms with E-state index in [1.165, 1.54) is 6.21 Å². The van der Waals surface area contributed by atoms with Crippen LogP contribution in [0, 0.1) is 10.1 Å². The Balaban J connectivity index is 1.44. The number of nitro groups is 1. The summed E-state index contributed by atoms with van der Waals surface area (Å²) in [4.78, 5) is 10.3. The summed E-state index contributed by atoms with van der Waals surface area (Å²) in [6, 6.07) is 21.5. The fraction of sp³-hybridized carbons (Fsp3) is 0.0800. The van der Waals surface area contributed by atoms with Gasteiger partial charge < -0.3 is 4.74 Å². The van der Waals surface area contributed by atoms with Crippen LogP contribution in [0.15, 0.2) is 88.4 Å². The molecule has 0 fully saturated rings. The van der Waals surface area contributed by atoms with Crippen molar-refractivity contribution in [1.29, 1.82) is 0 Å². The molecule has 0 saturated heterocycles. The highest BCUT2D eigenvalue weighted by molar-refractivity contribution is 9.10. The first kappa shape index (κ1) is 24.2. The maximum Gasteiger partial charge on any atom is 0.416 e. The molecule has 178 valence electrons. The molecule has 0 saturated carbocycles. The Kier molecular flexibility index (Phi) is 7.02. The lowest BCUT2D eigenvalue weighted by molar-refractivity contribution is -0.384. The Morgan fingerprint density at radius 3 is 2.54 bits per heavy atom. The number of hydrazone groups is 1. The molecule has 4 aromatic carbocycles. The minimum Gasteiger partial charge on any atom is -0.488 e. The maximum atomic E-state index is 12.8. The van der Waals surface area contributed by atoms with Crippen LogP contribution in [0.2, 0.25) is 0 Å². The quantitative estimate of drug-likeness (QED) is 0.148. The van der Waals surface area contributed by atoms with E-state index in [0.29, 0.717) is 28.5 Å². The highest BCUT2D eigenvalue weighted by Gasteiger charge is 2.33. The molecule has 0 heterocycles. The van der Waals surface area contributed by atoms with Crippen LogP contribution >= 0.6 is 15.9 Å². The molecule has 0 bridgehead atoms. The second-order valence-corrected chi connectivity index (χ2v) is 8.33. The number of fused-ring (bicyclic) bond motifs is 1. The number of ether oxygens (including phenoxy) is 1. The van der Waals surface area contributed by atoms with E-state index in [1.807, 2.05) is 42.5 Å². The number of nitrogens with one attached hydrogen (secondary N) is 1. The number of nitro benzene ring substituents is 1. The minimum atomic E-state index is -4.68. The first-order chi connectivity index (χ1) is 16.7. The molecule has 4 rings (SSSR count). The predicted octanol–water partition coefficient (Wildman–Crippen LogP) is 7.55. The average Bonchev–Trinajstić information content (AvgIpc) is 2.83. The van der Waals surface area contributed by atoms with Gasteiger partial charge in [-0.3, -0.25) is 15.5 Å². The second-order valence-electron chi connectivity index (χ2n) is 7.47. The van der Waals surface area contributed by atoms with Gasteiger partial charge in [0.2, 0.25) is 0 Å². The third kappa shape index (κ3) is 5.78. The van der Waals surface area contributed by atoms with Crippen LogP contribution in [-0.4, -0.2) is 11.1 Å². The fourth-order valence-electron chi connectivity index (χ4n) is 3.42. The van der Waals surface area contributed by atoms with Crippen molar-refractivity contribution in [3.63, 3.8) is 0 Å². The summed E-state index contributed by atoms with van der Waals surface area (Å²) in [5.41, 5.74) is 2.12. The molecule has 0 amide bonds. The maximum absolute atomic E-state index is 12.8. The van der Waals surface area contributed by atoms with Crippen molar-refractivity contribution < 1.29 is 22.8 Å². The van der Waals surface area contributed by atoms with Gasteiger partial charge in [-0.05, 0) is 68.2 Å². The van der Waals surface area contributed by atoms with Crippen LogP contribution in [0.4, 0.5) is 24.5 Å². The number of rotatable bonds is 7. The van der Waals surface area contributed by atoms with Crippen molar-refractivity contribution in [2.45, 2.75) is 12.8 Å². The van der Waals surface area contributed by atoms with E-state index in [2.05, 4.69) is 26.5 Å². The number of nitrogens with zero attached hydrogens (tertiary/aromatic N) is 2. The molecule has 1 N–H and O–H groups in total. The van der Waals surface area contributed by atoms with Gasteiger partial charge in [0, 0.05) is 6.07 Å². The second kappa shape index (κ2) is 10.1. The van der Waals surface area contributed by atoms with Crippen molar-refractivity contribution in [1.82, 2.24) is 0 Å². The Labute approximate surface area is 206 Å². The summed E-state index contributed by atoms with van der Waals surface area (Å²) in [7, 11) is 0. The Morgan fingerprint density at radius 1 is 1.03 bits per heavy atom. The van der Waals surface area contributed by atoms with E-state index in [4.69, 9.17) is 4.74 Å². The summed E-state index contributed by atoms with van der Waals surface area (Å²) in [6.07, 6.45) is -3.29. The van der Waals surface area contributed by atoms with E-state index in [-0.39, 0.29) is 5.69 Å². The molecule has 0 aliphatic rings. The number of anilines is 1. The number of benzene rings is 4. The monoisotopic (exact) mass is 543 g/mol. The molecule has 0 radical (unpaired) electrons. The molecule has 0 aliphatic carbocycles. The first-order valence-corrected chi connectivity index (χ1v) is 11.1. The zero-order chi connectivity index (χ0) is 25.0. The molecule has 0 aliphatic heterocycles. The van der Waals surface area contributed by atoms with Crippen molar-refractivity contribution in [2.75, 3.05) is 5.43 Å². The van der Waals surface area contributed by atoms with Gasteiger partial charge in [0.05, 0.1) is 21.2 Å². The van der Waals surface area contributed by atoms with Crippen molar-refractivity contribution in [3.05, 3.63) is 110 Å². The Bertz CT molecular complexity index is 1420. The summed E-state index contributed by atoms with van der Waals surface area (Å²) in [6.45, 7) is 0.368. The van der Waals surface area contributed by atoms with E-state index in [9.17, 15) is 23.3 Å². The normalized spacial score (nSPS) is 11.7. The number of alkyl halides is 3. The van der Waals surface area contributed by atoms with Gasteiger partial charge in [-0.15, -0.1) is 0 Å². The summed E-state index contributed by atoms with van der Waals surface area (Å²) in [5, 5.41) is 17.3. The van der Waals surface area contributed by atoms with E-state index >= 15 is 0 Å². The molecule has 35 heavy (non-hydrogen) atoms. The zero-order valence-corrected chi connectivity index (χ0v) is 19.5. The van der Waals surface area contributed by atoms with Crippen LogP contribution in [0.25, 0.3) is 10.8 Å². The molecule has 0 aromatic heterocycles. The van der Waals surface area contributed by atoms with E-state index < -0.39 is 22.4 Å². The van der Waals surface area contributed by atoms with Gasteiger partial charge in [0.15, 0.2) is 0 Å². The van der Waals surface area contributed by atoms with Crippen LogP contribution in [-0.2, 0) is 12.8 Å². The lowest BCUT2D eigenvalue weighted by Crippen LogP contribution is -2.06. The highest BCUT2D eigenvalue weighted by Crippen LogP contribution is 2.35.